The molecule has 3 aliphatic rings. The van der Waals surface area contributed by atoms with Crippen molar-refractivity contribution >= 4 is 6.09 Å². The predicted molar refractivity (Wildman–Crippen MR) is 80.0 cm³/mol. The molecular formula is C17H22N2O2. The van der Waals surface area contributed by atoms with Crippen molar-refractivity contribution in [3.63, 3.8) is 0 Å². The van der Waals surface area contributed by atoms with Crippen molar-refractivity contribution in [2.45, 2.75) is 31.9 Å². The van der Waals surface area contributed by atoms with Crippen LogP contribution in [0.3, 0.4) is 0 Å². The van der Waals surface area contributed by atoms with Crippen molar-refractivity contribution in [1.82, 2.24) is 9.80 Å². The largest absolute Gasteiger partial charge is 0.446 e. The minimum absolute atomic E-state index is 0.128. The predicted octanol–water partition coefficient (Wildman–Crippen LogP) is 2.28. The maximum Gasteiger partial charge on any atom is 0.410 e. The second kappa shape index (κ2) is 4.73. The average molecular weight is 286 g/mol. The Morgan fingerprint density at radius 3 is 2.67 bits per heavy atom. The Morgan fingerprint density at radius 1 is 1.24 bits per heavy atom. The van der Waals surface area contributed by atoms with Crippen LogP contribution in [0.4, 0.5) is 4.79 Å². The highest BCUT2D eigenvalue weighted by Crippen LogP contribution is 2.49. The molecule has 1 amide bonds. The maximum absolute atomic E-state index is 12.3. The number of carbonyl (C=O) groups is 1. The van der Waals surface area contributed by atoms with E-state index in [2.05, 4.69) is 30.1 Å². The average Bonchev–Trinajstić information content (AvgIpc) is 2.43. The van der Waals surface area contributed by atoms with Gasteiger partial charge < -0.3 is 14.5 Å². The van der Waals surface area contributed by atoms with Gasteiger partial charge in [-0.2, -0.15) is 0 Å². The quantitative estimate of drug-likeness (QED) is 0.794. The molecule has 2 heterocycles. The summed E-state index contributed by atoms with van der Waals surface area (Å²) in [6.07, 6.45) is 3.05. The lowest BCUT2D eigenvalue weighted by Gasteiger charge is -2.57. The van der Waals surface area contributed by atoms with Gasteiger partial charge >= 0.3 is 6.09 Å². The van der Waals surface area contributed by atoms with Gasteiger partial charge in [0.25, 0.3) is 0 Å². The summed E-state index contributed by atoms with van der Waals surface area (Å²) in [4.78, 5) is 16.5. The van der Waals surface area contributed by atoms with Crippen molar-refractivity contribution in [3.05, 3.63) is 35.4 Å². The van der Waals surface area contributed by atoms with Gasteiger partial charge in [0.1, 0.15) is 6.10 Å². The summed E-state index contributed by atoms with van der Waals surface area (Å²) >= 11 is 0. The molecule has 0 atom stereocenters. The molecule has 0 aromatic heterocycles. The fourth-order valence-corrected chi connectivity index (χ4v) is 4.22. The zero-order chi connectivity index (χ0) is 14.4. The number of hydrogen-bond donors (Lipinski definition) is 0. The van der Waals surface area contributed by atoms with E-state index in [0.717, 1.165) is 38.9 Å². The van der Waals surface area contributed by atoms with E-state index in [1.54, 1.807) is 0 Å². The Hall–Kier alpha value is -1.55. The molecule has 0 N–H and O–H groups in total. The van der Waals surface area contributed by atoms with Gasteiger partial charge in [0.15, 0.2) is 0 Å². The number of nitrogens with zero attached hydrogens (tertiary/aromatic N) is 2. The summed E-state index contributed by atoms with van der Waals surface area (Å²) < 4.78 is 5.68. The number of hydrogen-bond acceptors (Lipinski definition) is 3. The van der Waals surface area contributed by atoms with Gasteiger partial charge in [-0.1, -0.05) is 24.3 Å². The summed E-state index contributed by atoms with van der Waals surface area (Å²) in [7, 11) is 2.15. The fraction of sp³-hybridized carbons (Fsp3) is 0.588. The Morgan fingerprint density at radius 2 is 1.95 bits per heavy atom. The molecule has 1 aliphatic carbocycles. The highest BCUT2D eigenvalue weighted by atomic mass is 16.6. The SMILES string of the molecule is CN1CC2(CC(OC(=O)N3CCc4ccccc4C3)C2)C1. The minimum Gasteiger partial charge on any atom is -0.446 e. The first-order valence-corrected chi connectivity index (χ1v) is 7.84. The van der Waals surface area contributed by atoms with Gasteiger partial charge in [-0.15, -0.1) is 0 Å². The molecule has 4 heteroatoms. The third kappa shape index (κ3) is 2.31. The minimum atomic E-state index is -0.128. The van der Waals surface area contributed by atoms with Crippen LogP contribution in [0.2, 0.25) is 0 Å². The zero-order valence-electron chi connectivity index (χ0n) is 12.5. The third-order valence-corrected chi connectivity index (χ3v) is 5.19. The molecule has 2 fully saturated rings. The van der Waals surface area contributed by atoms with Gasteiger partial charge in [0.05, 0.1) is 0 Å². The summed E-state index contributed by atoms with van der Waals surface area (Å²) in [5.74, 6) is 0. The summed E-state index contributed by atoms with van der Waals surface area (Å²) in [5.41, 5.74) is 3.09. The summed E-state index contributed by atoms with van der Waals surface area (Å²) in [5, 5.41) is 0. The second-order valence-electron chi connectivity index (χ2n) is 7.03. The van der Waals surface area contributed by atoms with Crippen molar-refractivity contribution in [1.29, 1.82) is 0 Å². The van der Waals surface area contributed by atoms with Crippen LogP contribution in [0.5, 0.6) is 0 Å². The first-order chi connectivity index (χ1) is 10.1. The fourth-order valence-electron chi connectivity index (χ4n) is 4.22. The van der Waals surface area contributed by atoms with Gasteiger partial charge in [-0.05, 0) is 37.4 Å². The number of amides is 1. The van der Waals surface area contributed by atoms with Crippen LogP contribution >= 0.6 is 0 Å². The molecule has 1 saturated heterocycles. The highest BCUT2D eigenvalue weighted by molar-refractivity contribution is 5.68. The van der Waals surface area contributed by atoms with E-state index in [9.17, 15) is 4.79 Å². The Bertz CT molecular complexity index is 558. The molecule has 112 valence electrons. The smallest absolute Gasteiger partial charge is 0.410 e. The monoisotopic (exact) mass is 286 g/mol. The Labute approximate surface area is 125 Å². The van der Waals surface area contributed by atoms with Gasteiger partial charge in [-0.3, -0.25) is 0 Å². The van der Waals surface area contributed by atoms with E-state index < -0.39 is 0 Å². The van der Waals surface area contributed by atoms with Crippen LogP contribution < -0.4 is 0 Å². The van der Waals surface area contributed by atoms with E-state index >= 15 is 0 Å². The van der Waals surface area contributed by atoms with Crippen LogP contribution in [0.1, 0.15) is 24.0 Å². The lowest BCUT2D eigenvalue weighted by molar-refractivity contribution is -0.125. The molecule has 1 aromatic carbocycles. The summed E-state index contributed by atoms with van der Waals surface area (Å²) in [6, 6.07) is 8.37. The van der Waals surface area contributed by atoms with Crippen LogP contribution in [0, 0.1) is 5.41 Å². The van der Waals surface area contributed by atoms with Crippen LogP contribution in [0.25, 0.3) is 0 Å². The van der Waals surface area contributed by atoms with Crippen LogP contribution in [0.15, 0.2) is 24.3 Å². The van der Waals surface area contributed by atoms with E-state index in [1.807, 2.05) is 11.0 Å². The number of ether oxygens (including phenoxy) is 1. The second-order valence-corrected chi connectivity index (χ2v) is 7.03. The lowest BCUT2D eigenvalue weighted by Crippen LogP contribution is -2.63. The van der Waals surface area contributed by atoms with Crippen molar-refractivity contribution < 1.29 is 9.53 Å². The van der Waals surface area contributed by atoms with Gasteiger partial charge in [0.2, 0.25) is 0 Å². The summed E-state index contributed by atoms with van der Waals surface area (Å²) in [6.45, 7) is 3.79. The number of benzene rings is 1. The standard InChI is InChI=1S/C17H22N2O2/c1-18-11-17(12-18)8-15(9-17)21-16(20)19-7-6-13-4-2-3-5-14(13)10-19/h2-5,15H,6-12H2,1H3. The van der Waals surface area contributed by atoms with Crippen molar-refractivity contribution in [3.8, 4) is 0 Å². The highest BCUT2D eigenvalue weighted by Gasteiger charge is 2.52. The van der Waals surface area contributed by atoms with E-state index in [1.165, 1.54) is 11.1 Å². The zero-order valence-corrected chi connectivity index (χ0v) is 12.5. The molecule has 4 nitrogen and oxygen atoms in total. The van der Waals surface area contributed by atoms with E-state index in [4.69, 9.17) is 4.74 Å². The Kier molecular flexibility index (Phi) is 2.96. The molecular weight excluding hydrogens is 264 g/mol. The molecule has 4 rings (SSSR count). The molecule has 2 aliphatic heterocycles. The van der Waals surface area contributed by atoms with Gasteiger partial charge in [-0.25, -0.2) is 4.79 Å². The molecule has 21 heavy (non-hydrogen) atoms. The topological polar surface area (TPSA) is 32.8 Å². The third-order valence-electron chi connectivity index (χ3n) is 5.19. The molecule has 0 unspecified atom stereocenters. The maximum atomic E-state index is 12.3. The first-order valence-electron chi connectivity index (χ1n) is 7.84. The van der Waals surface area contributed by atoms with Crippen molar-refractivity contribution in [2.24, 2.45) is 5.41 Å². The molecule has 1 spiro atoms. The first kappa shape index (κ1) is 13.1. The molecule has 1 aromatic rings. The number of likely N-dealkylation sites (tertiary alicyclic amines) is 1. The number of carbonyl (C=O) groups excluding carboxylic acids is 1. The van der Waals surface area contributed by atoms with Gasteiger partial charge in [0, 0.05) is 31.6 Å². The Balaban J connectivity index is 1.31. The normalized spacial score (nSPS) is 24.1. The lowest BCUT2D eigenvalue weighted by atomic mass is 9.62. The number of rotatable bonds is 1. The van der Waals surface area contributed by atoms with E-state index in [-0.39, 0.29) is 12.2 Å². The number of fused-ring (bicyclic) bond motifs is 1. The van der Waals surface area contributed by atoms with E-state index in [0.29, 0.717) is 12.0 Å². The van der Waals surface area contributed by atoms with Crippen LogP contribution in [-0.4, -0.2) is 48.7 Å². The molecule has 1 saturated carbocycles. The van der Waals surface area contributed by atoms with Crippen molar-refractivity contribution in [2.75, 3.05) is 26.7 Å². The molecule has 0 bridgehead atoms. The van der Waals surface area contributed by atoms with Crippen LogP contribution in [-0.2, 0) is 17.7 Å². The molecule has 0 radical (unpaired) electrons.